The Morgan fingerprint density at radius 3 is 2.65 bits per heavy atom. The Morgan fingerprint density at radius 1 is 1.04 bits per heavy atom. The first-order valence-corrected chi connectivity index (χ1v) is 7.44. The van der Waals surface area contributed by atoms with Crippen molar-refractivity contribution in [2.75, 3.05) is 0 Å². The molecule has 1 aromatic heterocycles. The zero-order valence-corrected chi connectivity index (χ0v) is 12.4. The minimum atomic E-state index is -1.19. The van der Waals surface area contributed by atoms with E-state index in [9.17, 15) is 13.2 Å². The van der Waals surface area contributed by atoms with Crippen molar-refractivity contribution in [2.45, 2.75) is 19.4 Å². The van der Waals surface area contributed by atoms with E-state index >= 15 is 0 Å². The molecule has 3 aromatic rings. The maximum atomic E-state index is 14.1. The first kappa shape index (κ1) is 14.2. The number of H-pyrrole nitrogens is 1. The van der Waals surface area contributed by atoms with Crippen molar-refractivity contribution in [3.05, 3.63) is 65.1 Å². The Morgan fingerprint density at radius 2 is 1.83 bits per heavy atom. The van der Waals surface area contributed by atoms with E-state index in [2.05, 4.69) is 4.98 Å². The molecule has 4 rings (SSSR count). The Balaban J connectivity index is 1.83. The molecule has 2 aromatic carbocycles. The monoisotopic (exact) mass is 317 g/mol. The molecular weight excluding hydrogens is 303 g/mol. The summed E-state index contributed by atoms with van der Waals surface area (Å²) in [6, 6.07) is 7.31. The number of aromatic amines is 1. The van der Waals surface area contributed by atoms with Gasteiger partial charge < -0.3 is 9.72 Å². The van der Waals surface area contributed by atoms with Gasteiger partial charge in [0.25, 0.3) is 0 Å². The Bertz CT molecular complexity index is 903. The summed E-state index contributed by atoms with van der Waals surface area (Å²) in [5.41, 5.74) is 2.00. The summed E-state index contributed by atoms with van der Waals surface area (Å²) in [4.78, 5) is 3.10. The molecular formula is C18H14F3NO. The minimum Gasteiger partial charge on any atom is -0.484 e. The summed E-state index contributed by atoms with van der Waals surface area (Å²) in [5.74, 6) is -2.43. The van der Waals surface area contributed by atoms with Crippen LogP contribution in [-0.4, -0.2) is 4.98 Å². The summed E-state index contributed by atoms with van der Waals surface area (Å²) >= 11 is 0. The molecule has 1 aliphatic heterocycles. The molecule has 0 spiro atoms. The number of hydrogen-bond acceptors (Lipinski definition) is 1. The van der Waals surface area contributed by atoms with Gasteiger partial charge in [0.15, 0.2) is 11.6 Å². The normalized spacial score (nSPS) is 20.3. The van der Waals surface area contributed by atoms with Gasteiger partial charge in [0.05, 0.1) is 0 Å². The van der Waals surface area contributed by atoms with E-state index in [4.69, 9.17) is 4.74 Å². The Hall–Kier alpha value is -2.43. The third-order valence-electron chi connectivity index (χ3n) is 4.42. The maximum Gasteiger partial charge on any atom is 0.161 e. The number of halogens is 3. The summed E-state index contributed by atoms with van der Waals surface area (Å²) in [6.45, 7) is 1.91. The van der Waals surface area contributed by atoms with Crippen molar-refractivity contribution >= 4 is 10.9 Å². The first-order valence-electron chi connectivity index (χ1n) is 7.44. The number of fused-ring (bicyclic) bond motifs is 3. The van der Waals surface area contributed by atoms with Gasteiger partial charge in [-0.05, 0) is 30.2 Å². The van der Waals surface area contributed by atoms with Gasteiger partial charge in [-0.25, -0.2) is 13.2 Å². The van der Waals surface area contributed by atoms with Crippen LogP contribution in [0.25, 0.3) is 10.9 Å². The van der Waals surface area contributed by atoms with Gasteiger partial charge in [0, 0.05) is 34.6 Å². The molecule has 1 aliphatic rings. The Kier molecular flexibility index (Phi) is 3.11. The summed E-state index contributed by atoms with van der Waals surface area (Å²) < 4.78 is 46.9. The molecule has 0 saturated carbocycles. The van der Waals surface area contributed by atoms with E-state index in [1.807, 2.05) is 25.1 Å². The predicted molar refractivity (Wildman–Crippen MR) is 80.9 cm³/mol. The fraction of sp³-hybridized carbons (Fsp3) is 0.222. The maximum absolute atomic E-state index is 14.1. The molecule has 2 atom stereocenters. The average molecular weight is 317 g/mol. The molecule has 2 unspecified atom stereocenters. The van der Waals surface area contributed by atoms with Crippen LogP contribution in [0.1, 0.15) is 24.2 Å². The van der Waals surface area contributed by atoms with Crippen LogP contribution in [0.3, 0.4) is 0 Å². The molecule has 0 radical (unpaired) electrons. The van der Waals surface area contributed by atoms with Gasteiger partial charge in [-0.15, -0.1) is 0 Å². The van der Waals surface area contributed by atoms with Gasteiger partial charge in [0.1, 0.15) is 17.7 Å². The number of benzene rings is 2. The second-order valence-electron chi connectivity index (χ2n) is 6.00. The van der Waals surface area contributed by atoms with Crippen molar-refractivity contribution in [3.63, 3.8) is 0 Å². The number of hydrogen-bond donors (Lipinski definition) is 1. The summed E-state index contributed by atoms with van der Waals surface area (Å²) in [5, 5.41) is 0.905. The molecule has 5 heteroatoms. The van der Waals surface area contributed by atoms with Gasteiger partial charge in [-0.1, -0.05) is 13.0 Å². The van der Waals surface area contributed by atoms with Gasteiger partial charge >= 0.3 is 0 Å². The van der Waals surface area contributed by atoms with E-state index < -0.39 is 23.6 Å². The van der Waals surface area contributed by atoms with Crippen LogP contribution in [0.15, 0.2) is 36.5 Å². The second kappa shape index (κ2) is 5.05. The molecule has 118 valence electrons. The fourth-order valence-corrected chi connectivity index (χ4v) is 3.27. The number of aromatic nitrogens is 1. The molecule has 0 fully saturated rings. The summed E-state index contributed by atoms with van der Waals surface area (Å²) in [7, 11) is 0. The van der Waals surface area contributed by atoms with E-state index in [1.54, 1.807) is 6.20 Å². The lowest BCUT2D eigenvalue weighted by Crippen LogP contribution is -2.25. The highest BCUT2D eigenvalue weighted by Crippen LogP contribution is 2.43. The molecule has 2 nitrogen and oxygen atoms in total. The standard InChI is InChI=1S/C18H14F3NO/c1-9-6-10-2-3-16-11(4-5-22-16)18(10)23-17(9)12-7-14(20)15(21)8-13(12)19/h2-5,7-9,17,22H,6H2,1H3. The van der Waals surface area contributed by atoms with Crippen molar-refractivity contribution in [1.82, 2.24) is 4.98 Å². The summed E-state index contributed by atoms with van der Waals surface area (Å²) in [6.07, 6.45) is 1.83. The number of nitrogens with one attached hydrogen (secondary N) is 1. The zero-order valence-electron chi connectivity index (χ0n) is 12.4. The second-order valence-corrected chi connectivity index (χ2v) is 6.00. The molecule has 0 aliphatic carbocycles. The van der Waals surface area contributed by atoms with Crippen LogP contribution in [0.2, 0.25) is 0 Å². The fourth-order valence-electron chi connectivity index (χ4n) is 3.27. The van der Waals surface area contributed by atoms with Crippen LogP contribution in [-0.2, 0) is 6.42 Å². The predicted octanol–water partition coefficient (Wildman–Crippen LogP) is 4.90. The van der Waals surface area contributed by atoms with Crippen LogP contribution >= 0.6 is 0 Å². The number of rotatable bonds is 1. The Labute approximate surface area is 130 Å². The molecule has 0 amide bonds. The van der Waals surface area contributed by atoms with Crippen LogP contribution in [0, 0.1) is 23.4 Å². The van der Waals surface area contributed by atoms with Crippen LogP contribution in [0.4, 0.5) is 13.2 Å². The van der Waals surface area contributed by atoms with Crippen molar-refractivity contribution in [2.24, 2.45) is 5.92 Å². The highest BCUT2D eigenvalue weighted by atomic mass is 19.2. The molecule has 23 heavy (non-hydrogen) atoms. The van der Waals surface area contributed by atoms with E-state index in [0.717, 1.165) is 22.5 Å². The zero-order chi connectivity index (χ0) is 16.1. The lowest BCUT2D eigenvalue weighted by molar-refractivity contribution is 0.121. The van der Waals surface area contributed by atoms with Gasteiger partial charge in [0.2, 0.25) is 0 Å². The van der Waals surface area contributed by atoms with E-state index in [0.29, 0.717) is 18.2 Å². The third-order valence-corrected chi connectivity index (χ3v) is 4.42. The highest BCUT2D eigenvalue weighted by molar-refractivity contribution is 5.87. The topological polar surface area (TPSA) is 25.0 Å². The number of ether oxygens (including phenoxy) is 1. The van der Waals surface area contributed by atoms with Crippen molar-refractivity contribution in [3.8, 4) is 5.75 Å². The smallest absolute Gasteiger partial charge is 0.161 e. The average Bonchev–Trinajstić information content (AvgIpc) is 2.99. The van der Waals surface area contributed by atoms with Crippen molar-refractivity contribution < 1.29 is 17.9 Å². The van der Waals surface area contributed by atoms with E-state index in [-0.39, 0.29) is 11.5 Å². The van der Waals surface area contributed by atoms with Crippen molar-refractivity contribution in [1.29, 1.82) is 0 Å². The van der Waals surface area contributed by atoms with Crippen LogP contribution in [0.5, 0.6) is 5.75 Å². The molecule has 0 saturated heterocycles. The largest absolute Gasteiger partial charge is 0.484 e. The van der Waals surface area contributed by atoms with Crippen LogP contribution < -0.4 is 4.74 Å². The SMILES string of the molecule is CC1Cc2ccc3[nH]ccc3c2OC1c1cc(F)c(F)cc1F. The quantitative estimate of drug-likeness (QED) is 0.635. The molecule has 1 N–H and O–H groups in total. The minimum absolute atomic E-state index is 0.0505. The third kappa shape index (κ3) is 2.19. The molecule has 2 heterocycles. The lowest BCUT2D eigenvalue weighted by atomic mass is 9.87. The molecule has 0 bridgehead atoms. The van der Waals surface area contributed by atoms with E-state index in [1.165, 1.54) is 0 Å². The highest BCUT2D eigenvalue weighted by Gasteiger charge is 2.32. The van der Waals surface area contributed by atoms with Gasteiger partial charge in [-0.2, -0.15) is 0 Å². The lowest BCUT2D eigenvalue weighted by Gasteiger charge is -2.32. The first-order chi connectivity index (χ1) is 11.0. The van der Waals surface area contributed by atoms with Gasteiger partial charge in [-0.3, -0.25) is 0 Å².